The van der Waals surface area contributed by atoms with Crippen molar-refractivity contribution in [2.45, 2.75) is 62.6 Å². The third-order valence-corrected chi connectivity index (χ3v) is 7.09. The van der Waals surface area contributed by atoms with Crippen LogP contribution in [0.25, 0.3) is 0 Å². The Balaban J connectivity index is 0.000000433. The van der Waals surface area contributed by atoms with Gasteiger partial charge in [0.15, 0.2) is 0 Å². The molecule has 1 aromatic rings. The molecule has 6 N–H and O–H groups in total. The number of amides is 1. The molecule has 0 aromatic carbocycles. The highest BCUT2D eigenvalue weighted by Gasteiger charge is 2.23. The van der Waals surface area contributed by atoms with Crippen LogP contribution in [-0.2, 0) is 9.59 Å². The van der Waals surface area contributed by atoms with E-state index in [1.807, 2.05) is 17.8 Å². The molecule has 178 valence electrons. The summed E-state index contributed by atoms with van der Waals surface area (Å²) in [6.45, 7) is 10.7. The molecule has 0 saturated heterocycles. The lowest BCUT2D eigenvalue weighted by molar-refractivity contribution is -0.137. The van der Waals surface area contributed by atoms with Crippen molar-refractivity contribution < 1.29 is 14.7 Å². The number of nitrogen functional groups attached to an aromatic ring is 1. The molecule has 0 bridgehead atoms. The topological polar surface area (TPSA) is 150 Å². The predicted octanol–water partition coefficient (Wildman–Crippen LogP) is 3.22. The van der Waals surface area contributed by atoms with Crippen LogP contribution in [0.4, 0.5) is 11.8 Å². The van der Waals surface area contributed by atoms with Crippen molar-refractivity contribution in [2.24, 2.45) is 0 Å². The molecule has 0 fully saturated rings. The number of carboxylic acid groups (broad SMARTS) is 1. The predicted molar refractivity (Wildman–Crippen MR) is 133 cm³/mol. The van der Waals surface area contributed by atoms with Crippen LogP contribution < -0.4 is 21.9 Å². The number of carboxylic acids is 1. The number of fused-ring (bicyclic) bond motifs is 1. The number of allylic oxidation sites excluding steroid dienone is 3. The fourth-order valence-corrected chi connectivity index (χ4v) is 4.84. The number of hydrogen-bond donors (Lipinski definition) is 5. The van der Waals surface area contributed by atoms with Gasteiger partial charge in [0.05, 0.1) is 0 Å². The van der Waals surface area contributed by atoms with Crippen LogP contribution >= 0.6 is 23.5 Å². The van der Waals surface area contributed by atoms with Crippen LogP contribution in [0.1, 0.15) is 46.5 Å². The van der Waals surface area contributed by atoms with E-state index in [9.17, 15) is 14.4 Å². The van der Waals surface area contributed by atoms with Crippen LogP contribution in [-0.4, -0.2) is 51.0 Å². The molecule has 1 amide bonds. The lowest BCUT2D eigenvalue weighted by Crippen LogP contribution is -2.27. The molecule has 1 aliphatic heterocycles. The van der Waals surface area contributed by atoms with Gasteiger partial charge in [0.2, 0.25) is 12.4 Å². The summed E-state index contributed by atoms with van der Waals surface area (Å²) < 4.78 is 0. The highest BCUT2D eigenvalue weighted by atomic mass is 32.2. The molecule has 0 aliphatic carbocycles. The molecule has 2 atom stereocenters. The number of nitrogens with one attached hydrogen (secondary N) is 3. The van der Waals surface area contributed by atoms with Gasteiger partial charge in [-0.2, -0.15) is 4.98 Å². The number of nitrogens with zero attached hydrogens (tertiary/aromatic N) is 1. The Morgan fingerprint density at radius 1 is 1.50 bits per heavy atom. The quantitative estimate of drug-likeness (QED) is 0.236. The van der Waals surface area contributed by atoms with Gasteiger partial charge in [-0.25, -0.2) is 0 Å². The second-order valence-corrected chi connectivity index (χ2v) is 9.82. The van der Waals surface area contributed by atoms with Crippen molar-refractivity contribution in [3.8, 4) is 0 Å². The van der Waals surface area contributed by atoms with E-state index in [-0.39, 0.29) is 24.0 Å². The molecule has 32 heavy (non-hydrogen) atoms. The van der Waals surface area contributed by atoms with Gasteiger partial charge in [0.1, 0.15) is 10.7 Å². The minimum Gasteiger partial charge on any atom is -0.481 e. The average Bonchev–Trinajstić information content (AvgIpc) is 2.75. The summed E-state index contributed by atoms with van der Waals surface area (Å²) in [4.78, 5) is 40.5. The Bertz CT molecular complexity index is 872. The first kappa shape index (κ1) is 27.6. The first-order chi connectivity index (χ1) is 15.2. The van der Waals surface area contributed by atoms with E-state index in [1.165, 1.54) is 10.5 Å². The van der Waals surface area contributed by atoms with Crippen LogP contribution in [0.15, 0.2) is 32.8 Å². The molecular formula is C21H33N5O4S2. The summed E-state index contributed by atoms with van der Waals surface area (Å²) in [5.74, 6) is 0.979. The standard InChI is InChI=1S/C15H22N4OS2.C6H11NO3/c1-4-9(3)11(21-5-2)7-6-10-8-17-13-12(22-10)14(20)19-15(16)18-13;1-5(7-4-8)2-3-6(9)10/h4,10H,1,5-8H2,2-3H3,(H4,16,17,18,19,20);4-5H,2-3H2,1H3,(H,7,8)(H,9,10)/b11-9-;. The maximum absolute atomic E-state index is 12.0. The number of aromatic amines is 1. The highest BCUT2D eigenvalue weighted by molar-refractivity contribution is 8.03. The van der Waals surface area contributed by atoms with Crippen molar-refractivity contribution in [3.05, 3.63) is 33.5 Å². The maximum Gasteiger partial charge on any atom is 0.303 e. The van der Waals surface area contributed by atoms with Crippen LogP contribution in [0.2, 0.25) is 0 Å². The van der Waals surface area contributed by atoms with Gasteiger partial charge >= 0.3 is 5.97 Å². The number of carbonyl (C=O) groups is 2. The van der Waals surface area contributed by atoms with E-state index in [0.717, 1.165) is 25.1 Å². The second-order valence-electron chi connectivity index (χ2n) is 7.15. The van der Waals surface area contributed by atoms with Crippen LogP contribution in [0, 0.1) is 0 Å². The fourth-order valence-electron chi connectivity index (χ4n) is 2.79. The molecule has 0 radical (unpaired) electrons. The van der Waals surface area contributed by atoms with Gasteiger partial charge in [-0.1, -0.05) is 19.6 Å². The number of anilines is 2. The summed E-state index contributed by atoms with van der Waals surface area (Å²) in [6, 6.07) is -0.0476. The van der Waals surface area contributed by atoms with E-state index >= 15 is 0 Å². The smallest absolute Gasteiger partial charge is 0.303 e. The summed E-state index contributed by atoms with van der Waals surface area (Å²) in [6.07, 6.45) is 5.08. The second kappa shape index (κ2) is 14.6. The highest BCUT2D eigenvalue weighted by Crippen LogP contribution is 2.35. The summed E-state index contributed by atoms with van der Waals surface area (Å²) in [5.41, 5.74) is 6.65. The first-order valence-electron chi connectivity index (χ1n) is 10.4. The lowest BCUT2D eigenvalue weighted by Gasteiger charge is -2.24. The molecule has 11 heteroatoms. The molecular weight excluding hydrogens is 450 g/mol. The Morgan fingerprint density at radius 2 is 2.22 bits per heavy atom. The third-order valence-electron chi connectivity index (χ3n) is 4.58. The van der Waals surface area contributed by atoms with Crippen molar-refractivity contribution in [3.63, 3.8) is 0 Å². The van der Waals surface area contributed by atoms with Crippen LogP contribution in [0.3, 0.4) is 0 Å². The molecule has 0 spiro atoms. The minimum atomic E-state index is -0.834. The van der Waals surface area contributed by atoms with Gasteiger partial charge in [-0.15, -0.1) is 23.5 Å². The largest absolute Gasteiger partial charge is 0.481 e. The molecule has 2 unspecified atom stereocenters. The zero-order valence-electron chi connectivity index (χ0n) is 18.8. The van der Waals surface area contributed by atoms with Crippen molar-refractivity contribution >= 4 is 47.7 Å². The number of H-pyrrole nitrogens is 1. The van der Waals surface area contributed by atoms with Crippen LogP contribution in [0.5, 0.6) is 0 Å². The maximum atomic E-state index is 12.0. The summed E-state index contributed by atoms with van der Waals surface area (Å²) >= 11 is 3.46. The molecule has 1 aromatic heterocycles. The van der Waals surface area contributed by atoms with Gasteiger partial charge in [-0.3, -0.25) is 19.4 Å². The number of thioether (sulfide) groups is 2. The molecule has 1 aliphatic rings. The van der Waals surface area contributed by atoms with Gasteiger partial charge in [-0.05, 0) is 49.3 Å². The monoisotopic (exact) mass is 483 g/mol. The van der Waals surface area contributed by atoms with Gasteiger partial charge < -0.3 is 21.5 Å². The normalized spacial score (nSPS) is 16.3. The average molecular weight is 484 g/mol. The van der Waals surface area contributed by atoms with Crippen molar-refractivity contribution in [1.82, 2.24) is 15.3 Å². The number of carbonyl (C=O) groups excluding carboxylic acids is 1. The lowest BCUT2D eigenvalue weighted by atomic mass is 10.1. The molecule has 2 heterocycles. The van der Waals surface area contributed by atoms with E-state index in [2.05, 4.69) is 41.0 Å². The number of hydrogen-bond acceptors (Lipinski definition) is 8. The number of rotatable bonds is 11. The SMILES string of the molecule is C=C/C(C)=C(/CCC1CNc2nc(N)[nH]c(=O)c2S1)SCC.CC(CCC(=O)O)NC=O. The molecule has 9 nitrogen and oxygen atoms in total. The third kappa shape index (κ3) is 9.82. The Morgan fingerprint density at radius 3 is 2.81 bits per heavy atom. The summed E-state index contributed by atoms with van der Waals surface area (Å²) in [5, 5.41) is 14.2. The van der Waals surface area contributed by atoms with E-state index in [4.69, 9.17) is 10.8 Å². The summed E-state index contributed by atoms with van der Waals surface area (Å²) in [7, 11) is 0. The van der Waals surface area contributed by atoms with Crippen molar-refractivity contribution in [1.29, 1.82) is 0 Å². The van der Waals surface area contributed by atoms with E-state index < -0.39 is 5.97 Å². The fraction of sp³-hybridized carbons (Fsp3) is 0.524. The Labute approximate surface area is 197 Å². The van der Waals surface area contributed by atoms with E-state index in [0.29, 0.717) is 28.8 Å². The first-order valence-corrected chi connectivity index (χ1v) is 12.2. The molecule has 0 saturated carbocycles. The Kier molecular flexibility index (Phi) is 12.6. The zero-order valence-corrected chi connectivity index (χ0v) is 20.4. The minimum absolute atomic E-state index is 0.0476. The number of nitrogens with two attached hydrogens (primary N) is 1. The van der Waals surface area contributed by atoms with Gasteiger partial charge in [0, 0.05) is 24.3 Å². The zero-order chi connectivity index (χ0) is 24.1. The number of aliphatic carboxylic acids is 1. The number of aromatic nitrogens is 2. The Hall–Kier alpha value is -2.40. The molecule has 2 rings (SSSR count). The van der Waals surface area contributed by atoms with E-state index in [1.54, 1.807) is 18.7 Å². The van der Waals surface area contributed by atoms with Gasteiger partial charge in [0.25, 0.3) is 5.56 Å². The van der Waals surface area contributed by atoms with Crippen molar-refractivity contribution in [2.75, 3.05) is 23.3 Å².